The molecule has 0 N–H and O–H groups in total. The van der Waals surface area contributed by atoms with Crippen molar-refractivity contribution in [1.82, 2.24) is 0 Å². The largest absolute Gasteiger partial charge is 0.461 e. The summed E-state index contributed by atoms with van der Waals surface area (Å²) < 4.78 is 6.90. The monoisotopic (exact) mass is 384 g/mol. The number of carbonyl (C=O) groups is 1. The van der Waals surface area contributed by atoms with Crippen LogP contribution in [0, 0.1) is 5.92 Å². The summed E-state index contributed by atoms with van der Waals surface area (Å²) >= 11 is 0. The molecule has 1 aliphatic rings. The number of halogens is 1. The molecule has 2 rings (SSSR count). The average Bonchev–Trinajstić information content (AvgIpc) is 2.50. The quantitative estimate of drug-likeness (QED) is 0.562. The van der Waals surface area contributed by atoms with E-state index >= 15 is 0 Å². The van der Waals surface area contributed by atoms with Crippen LogP contribution in [0.4, 0.5) is 0 Å². The third-order valence-electron chi connectivity index (χ3n) is 5.02. The number of esters is 1. The molecular formula is C19H31BrNO2+. The second-order valence-corrected chi connectivity index (χ2v) is 7.29. The summed E-state index contributed by atoms with van der Waals surface area (Å²) in [6, 6.07) is 10.1. The first-order valence-electron chi connectivity index (χ1n) is 8.50. The van der Waals surface area contributed by atoms with Gasteiger partial charge in [-0.1, -0.05) is 50.6 Å². The summed E-state index contributed by atoms with van der Waals surface area (Å²) in [6.45, 7) is 6.43. The zero-order valence-electron chi connectivity index (χ0n) is 14.8. The lowest BCUT2D eigenvalue weighted by molar-refractivity contribution is -0.896. The standard InChI is InChI=1S/C19H30NO2.BrH/c1-5-15(2)18(16-9-7-6-8-10-16)19(21)22-17-11-13-20(3,4)14-12-17;/h6-10,15,17-18H,5,11-14H2,1-4H3;1H/q+1;. The molecule has 1 aromatic rings. The lowest BCUT2D eigenvalue weighted by atomic mass is 9.85. The minimum Gasteiger partial charge on any atom is -0.461 e. The van der Waals surface area contributed by atoms with Crippen LogP contribution in [0.15, 0.2) is 30.3 Å². The van der Waals surface area contributed by atoms with Crippen LogP contribution in [0.1, 0.15) is 44.6 Å². The Labute approximate surface area is 151 Å². The Bertz CT molecular complexity index is 479. The summed E-state index contributed by atoms with van der Waals surface area (Å²) in [5.41, 5.74) is 1.08. The molecule has 1 saturated heterocycles. The van der Waals surface area contributed by atoms with Gasteiger partial charge in [-0.05, 0) is 11.5 Å². The third kappa shape index (κ3) is 5.61. The number of hydrogen-bond donors (Lipinski definition) is 0. The van der Waals surface area contributed by atoms with E-state index in [1.165, 1.54) is 0 Å². The van der Waals surface area contributed by atoms with Gasteiger partial charge in [0.05, 0.1) is 33.1 Å². The zero-order chi connectivity index (χ0) is 16.2. The Balaban J connectivity index is 0.00000264. The molecule has 3 nitrogen and oxygen atoms in total. The predicted octanol–water partition coefficient (Wildman–Crippen LogP) is 4.18. The molecule has 0 saturated carbocycles. The van der Waals surface area contributed by atoms with Crippen LogP contribution in [-0.2, 0) is 9.53 Å². The molecule has 0 aliphatic carbocycles. The molecule has 1 aliphatic heterocycles. The van der Waals surface area contributed by atoms with Gasteiger partial charge >= 0.3 is 5.97 Å². The number of nitrogens with zero attached hydrogens (tertiary/aromatic N) is 1. The molecule has 1 aromatic carbocycles. The third-order valence-corrected chi connectivity index (χ3v) is 5.02. The smallest absolute Gasteiger partial charge is 0.313 e. The van der Waals surface area contributed by atoms with Crippen molar-refractivity contribution in [3.63, 3.8) is 0 Å². The Kier molecular flexibility index (Phi) is 7.75. The molecular weight excluding hydrogens is 354 g/mol. The predicted molar refractivity (Wildman–Crippen MR) is 99.9 cm³/mol. The second-order valence-electron chi connectivity index (χ2n) is 7.29. The van der Waals surface area contributed by atoms with Crippen LogP contribution in [0.3, 0.4) is 0 Å². The topological polar surface area (TPSA) is 26.3 Å². The maximum Gasteiger partial charge on any atom is 0.313 e. The first-order valence-corrected chi connectivity index (χ1v) is 8.50. The summed E-state index contributed by atoms with van der Waals surface area (Å²) in [4.78, 5) is 12.7. The van der Waals surface area contributed by atoms with Crippen molar-refractivity contribution in [3.05, 3.63) is 35.9 Å². The van der Waals surface area contributed by atoms with Gasteiger partial charge in [-0.25, -0.2) is 0 Å². The van der Waals surface area contributed by atoms with E-state index in [9.17, 15) is 4.79 Å². The minimum atomic E-state index is -0.143. The number of quaternary nitrogens is 1. The van der Waals surface area contributed by atoms with Gasteiger partial charge in [-0.3, -0.25) is 4.79 Å². The number of likely N-dealkylation sites (tertiary alicyclic amines) is 1. The van der Waals surface area contributed by atoms with Crippen molar-refractivity contribution < 1.29 is 14.0 Å². The first kappa shape index (κ1) is 20.2. The van der Waals surface area contributed by atoms with Crippen LogP contribution in [0.5, 0.6) is 0 Å². The SMILES string of the molecule is Br.CCC(C)C(C(=O)OC1CC[N+](C)(C)CC1)c1ccccc1. The van der Waals surface area contributed by atoms with Crippen LogP contribution in [0.25, 0.3) is 0 Å². The van der Waals surface area contributed by atoms with Gasteiger partial charge in [0.25, 0.3) is 0 Å². The fourth-order valence-corrected chi connectivity index (χ4v) is 3.19. The Morgan fingerprint density at radius 3 is 2.30 bits per heavy atom. The van der Waals surface area contributed by atoms with E-state index in [0.29, 0.717) is 5.92 Å². The molecule has 0 radical (unpaired) electrons. The van der Waals surface area contributed by atoms with Crippen LogP contribution < -0.4 is 0 Å². The molecule has 4 heteroatoms. The molecule has 130 valence electrons. The van der Waals surface area contributed by atoms with Gasteiger partial charge in [0.2, 0.25) is 0 Å². The minimum absolute atomic E-state index is 0. The highest BCUT2D eigenvalue weighted by Gasteiger charge is 2.33. The molecule has 1 heterocycles. The maximum absolute atomic E-state index is 12.7. The lowest BCUT2D eigenvalue weighted by Gasteiger charge is -2.37. The van der Waals surface area contributed by atoms with Crippen LogP contribution in [-0.4, -0.2) is 43.7 Å². The fraction of sp³-hybridized carbons (Fsp3) is 0.632. The molecule has 0 spiro atoms. The highest BCUT2D eigenvalue weighted by Crippen LogP contribution is 2.30. The summed E-state index contributed by atoms with van der Waals surface area (Å²) in [7, 11) is 4.48. The van der Waals surface area contributed by atoms with Gasteiger partial charge in [-0.15, -0.1) is 17.0 Å². The number of carbonyl (C=O) groups excluding carboxylic acids is 1. The number of hydrogen-bond acceptors (Lipinski definition) is 2. The summed E-state index contributed by atoms with van der Waals surface area (Å²) in [5.74, 6) is 0.110. The summed E-state index contributed by atoms with van der Waals surface area (Å²) in [6.07, 6.45) is 3.01. The maximum atomic E-state index is 12.7. The van der Waals surface area contributed by atoms with Gasteiger partial charge in [0.1, 0.15) is 6.10 Å². The molecule has 0 bridgehead atoms. The molecule has 2 unspecified atom stereocenters. The normalized spacial score (nSPS) is 20.2. The molecule has 0 amide bonds. The van der Waals surface area contributed by atoms with Crippen molar-refractivity contribution in [3.8, 4) is 0 Å². The average molecular weight is 385 g/mol. The molecule has 0 aromatic heterocycles. The Morgan fingerprint density at radius 2 is 1.78 bits per heavy atom. The zero-order valence-corrected chi connectivity index (χ0v) is 16.5. The van der Waals surface area contributed by atoms with Crippen molar-refractivity contribution in [2.75, 3.05) is 27.2 Å². The number of rotatable bonds is 5. The van der Waals surface area contributed by atoms with Gasteiger partial charge in [0.15, 0.2) is 0 Å². The van der Waals surface area contributed by atoms with Crippen molar-refractivity contribution in [2.45, 2.75) is 45.1 Å². The molecule has 2 atom stereocenters. The van der Waals surface area contributed by atoms with Crippen molar-refractivity contribution >= 4 is 23.0 Å². The highest BCUT2D eigenvalue weighted by molar-refractivity contribution is 8.93. The van der Waals surface area contributed by atoms with Gasteiger partial charge in [0, 0.05) is 12.8 Å². The lowest BCUT2D eigenvalue weighted by Crippen LogP contribution is -2.48. The van der Waals surface area contributed by atoms with Crippen LogP contribution >= 0.6 is 17.0 Å². The summed E-state index contributed by atoms with van der Waals surface area (Å²) in [5, 5.41) is 0. The van der Waals surface area contributed by atoms with E-state index in [0.717, 1.165) is 42.4 Å². The van der Waals surface area contributed by atoms with E-state index in [4.69, 9.17) is 4.74 Å². The van der Waals surface area contributed by atoms with E-state index in [1.54, 1.807) is 0 Å². The fourth-order valence-electron chi connectivity index (χ4n) is 3.19. The Hall–Kier alpha value is -0.870. The number of piperidine rings is 1. The van der Waals surface area contributed by atoms with Gasteiger partial charge < -0.3 is 9.22 Å². The number of ether oxygens (including phenoxy) is 1. The van der Waals surface area contributed by atoms with Crippen LogP contribution in [0.2, 0.25) is 0 Å². The van der Waals surface area contributed by atoms with E-state index in [-0.39, 0.29) is 35.0 Å². The van der Waals surface area contributed by atoms with E-state index < -0.39 is 0 Å². The Morgan fingerprint density at radius 1 is 1.22 bits per heavy atom. The first-order chi connectivity index (χ1) is 10.4. The highest BCUT2D eigenvalue weighted by atomic mass is 79.9. The van der Waals surface area contributed by atoms with Gasteiger partial charge in [-0.2, -0.15) is 0 Å². The van der Waals surface area contributed by atoms with Crippen molar-refractivity contribution in [2.24, 2.45) is 5.92 Å². The van der Waals surface area contributed by atoms with E-state index in [2.05, 4.69) is 27.9 Å². The van der Waals surface area contributed by atoms with E-state index in [1.807, 2.05) is 30.3 Å². The number of benzene rings is 1. The molecule has 1 fully saturated rings. The molecule has 23 heavy (non-hydrogen) atoms. The second kappa shape index (κ2) is 8.84. The van der Waals surface area contributed by atoms with Crippen molar-refractivity contribution in [1.29, 1.82) is 0 Å².